The molecule has 0 heterocycles. The van der Waals surface area contributed by atoms with E-state index in [1.54, 1.807) is 17.0 Å². The minimum Gasteiger partial charge on any atom is -0.508 e. The lowest BCUT2D eigenvalue weighted by molar-refractivity contribution is -0.210. The number of aromatic hydroxyl groups is 1. The number of hydrogen-bond donors (Lipinski definition) is 3. The maximum absolute atomic E-state index is 12.7. The van der Waals surface area contributed by atoms with Crippen molar-refractivity contribution in [1.29, 1.82) is 0 Å². The average molecular weight is 333 g/mol. The van der Waals surface area contributed by atoms with Crippen LogP contribution in [0.15, 0.2) is 24.3 Å². The molecule has 1 saturated carbocycles. The minimum absolute atomic E-state index is 0.0536. The molecular formula is C16H22F3NO3. The van der Waals surface area contributed by atoms with Crippen LogP contribution in [0.5, 0.6) is 5.75 Å². The van der Waals surface area contributed by atoms with Crippen LogP contribution < -0.4 is 0 Å². The van der Waals surface area contributed by atoms with Gasteiger partial charge in [-0.15, -0.1) is 0 Å². The summed E-state index contributed by atoms with van der Waals surface area (Å²) in [6, 6.07) is 6.23. The van der Waals surface area contributed by atoms with Crippen LogP contribution in [0.4, 0.5) is 13.2 Å². The predicted molar refractivity (Wildman–Crippen MR) is 78.8 cm³/mol. The molecule has 0 aliphatic heterocycles. The molecule has 2 rings (SSSR count). The van der Waals surface area contributed by atoms with E-state index in [0.717, 1.165) is 0 Å². The van der Waals surface area contributed by atoms with E-state index in [-0.39, 0.29) is 18.3 Å². The van der Waals surface area contributed by atoms with Gasteiger partial charge >= 0.3 is 6.18 Å². The SMILES string of the molecule is Oc1cccc(CN(CC(O)C(F)(F)F)C2CCC(O)CC2)c1. The molecule has 0 bridgehead atoms. The number of halogens is 3. The molecule has 1 fully saturated rings. The van der Waals surface area contributed by atoms with Crippen LogP contribution in [-0.2, 0) is 6.54 Å². The molecule has 0 amide bonds. The zero-order valence-corrected chi connectivity index (χ0v) is 12.7. The van der Waals surface area contributed by atoms with Gasteiger partial charge in [0.15, 0.2) is 6.10 Å². The molecule has 1 unspecified atom stereocenters. The molecule has 1 aromatic rings. The Labute approximate surface area is 133 Å². The first kappa shape index (κ1) is 18.0. The van der Waals surface area contributed by atoms with E-state index in [1.165, 1.54) is 12.1 Å². The van der Waals surface area contributed by atoms with Crippen molar-refractivity contribution in [3.05, 3.63) is 29.8 Å². The summed E-state index contributed by atoms with van der Waals surface area (Å²) in [5.41, 5.74) is 0.686. The standard InChI is InChI=1S/C16H22F3NO3/c17-16(18,19)15(23)10-20(12-4-6-13(21)7-5-12)9-11-2-1-3-14(22)8-11/h1-3,8,12-13,15,21-23H,4-7,9-10H2. The van der Waals surface area contributed by atoms with Gasteiger partial charge < -0.3 is 15.3 Å². The van der Waals surface area contributed by atoms with Gasteiger partial charge in [0, 0.05) is 19.1 Å². The van der Waals surface area contributed by atoms with Gasteiger partial charge in [0.05, 0.1) is 6.10 Å². The Morgan fingerprint density at radius 3 is 2.39 bits per heavy atom. The summed E-state index contributed by atoms with van der Waals surface area (Å²) in [5.74, 6) is 0.0536. The van der Waals surface area contributed by atoms with E-state index < -0.39 is 24.9 Å². The van der Waals surface area contributed by atoms with Crippen LogP contribution in [0.2, 0.25) is 0 Å². The van der Waals surface area contributed by atoms with Gasteiger partial charge in [-0.3, -0.25) is 4.90 Å². The normalized spacial score (nSPS) is 23.9. The van der Waals surface area contributed by atoms with Gasteiger partial charge in [0.1, 0.15) is 5.75 Å². The largest absolute Gasteiger partial charge is 0.508 e. The molecule has 0 spiro atoms. The van der Waals surface area contributed by atoms with Gasteiger partial charge in [0.2, 0.25) is 0 Å². The minimum atomic E-state index is -4.66. The molecular weight excluding hydrogens is 311 g/mol. The molecule has 1 atom stereocenters. The fourth-order valence-corrected chi connectivity index (χ4v) is 2.98. The Kier molecular flexibility index (Phi) is 5.89. The first-order chi connectivity index (χ1) is 10.8. The fraction of sp³-hybridized carbons (Fsp3) is 0.625. The third-order valence-electron chi connectivity index (χ3n) is 4.26. The Bertz CT molecular complexity index is 502. The van der Waals surface area contributed by atoms with Crippen LogP contribution in [0, 0.1) is 0 Å². The van der Waals surface area contributed by atoms with E-state index in [4.69, 9.17) is 0 Å². The summed E-state index contributed by atoms with van der Waals surface area (Å²) in [6.45, 7) is -0.303. The number of rotatable bonds is 5. The second-order valence-electron chi connectivity index (χ2n) is 6.12. The summed E-state index contributed by atoms with van der Waals surface area (Å²) in [4.78, 5) is 1.60. The lowest BCUT2D eigenvalue weighted by atomic mass is 9.91. The number of benzene rings is 1. The molecule has 23 heavy (non-hydrogen) atoms. The quantitative estimate of drug-likeness (QED) is 0.774. The van der Waals surface area contributed by atoms with Crippen molar-refractivity contribution in [1.82, 2.24) is 4.90 Å². The molecule has 1 aliphatic rings. The molecule has 3 N–H and O–H groups in total. The van der Waals surface area contributed by atoms with Crippen molar-refractivity contribution in [2.75, 3.05) is 6.54 Å². The van der Waals surface area contributed by atoms with Crippen molar-refractivity contribution in [2.45, 2.75) is 56.7 Å². The highest BCUT2D eigenvalue weighted by molar-refractivity contribution is 5.27. The number of phenolic OH excluding ortho intramolecular Hbond substituents is 1. The Morgan fingerprint density at radius 2 is 1.83 bits per heavy atom. The predicted octanol–water partition coefficient (Wildman–Crippen LogP) is 2.42. The maximum Gasteiger partial charge on any atom is 0.415 e. The molecule has 0 radical (unpaired) electrons. The van der Waals surface area contributed by atoms with Crippen molar-refractivity contribution in [2.24, 2.45) is 0 Å². The van der Waals surface area contributed by atoms with Crippen molar-refractivity contribution in [3.63, 3.8) is 0 Å². The molecule has 0 saturated heterocycles. The van der Waals surface area contributed by atoms with Crippen LogP contribution in [0.25, 0.3) is 0 Å². The number of aliphatic hydroxyl groups is 2. The summed E-state index contributed by atoms with van der Waals surface area (Å²) in [7, 11) is 0. The zero-order valence-electron chi connectivity index (χ0n) is 12.7. The summed E-state index contributed by atoms with van der Waals surface area (Å²) in [5, 5.41) is 28.5. The second kappa shape index (κ2) is 7.51. The second-order valence-corrected chi connectivity index (χ2v) is 6.12. The fourth-order valence-electron chi connectivity index (χ4n) is 2.98. The highest BCUT2D eigenvalue weighted by Crippen LogP contribution is 2.28. The Balaban J connectivity index is 2.10. The molecule has 1 aliphatic carbocycles. The van der Waals surface area contributed by atoms with Crippen LogP contribution in [0.3, 0.4) is 0 Å². The topological polar surface area (TPSA) is 63.9 Å². The number of aliphatic hydroxyl groups excluding tert-OH is 2. The first-order valence-electron chi connectivity index (χ1n) is 7.70. The van der Waals surface area contributed by atoms with Crippen molar-refractivity contribution < 1.29 is 28.5 Å². The third kappa shape index (κ3) is 5.37. The number of nitrogens with zero attached hydrogens (tertiary/aromatic N) is 1. The molecule has 4 nitrogen and oxygen atoms in total. The smallest absolute Gasteiger partial charge is 0.415 e. The third-order valence-corrected chi connectivity index (χ3v) is 4.26. The van der Waals surface area contributed by atoms with Crippen molar-refractivity contribution >= 4 is 0 Å². The van der Waals surface area contributed by atoms with Crippen LogP contribution in [-0.4, -0.2) is 51.2 Å². The molecule has 7 heteroatoms. The van der Waals surface area contributed by atoms with Gasteiger partial charge in [0.25, 0.3) is 0 Å². The highest BCUT2D eigenvalue weighted by Gasteiger charge is 2.40. The Hall–Kier alpha value is -1.31. The number of hydrogen-bond acceptors (Lipinski definition) is 4. The first-order valence-corrected chi connectivity index (χ1v) is 7.70. The van der Waals surface area contributed by atoms with E-state index in [9.17, 15) is 28.5 Å². The summed E-state index contributed by atoms with van der Waals surface area (Å²) >= 11 is 0. The Morgan fingerprint density at radius 1 is 1.17 bits per heavy atom. The lowest BCUT2D eigenvalue weighted by Gasteiger charge is -2.37. The van der Waals surface area contributed by atoms with E-state index >= 15 is 0 Å². The lowest BCUT2D eigenvalue weighted by Crippen LogP contribution is -2.46. The maximum atomic E-state index is 12.7. The molecule has 130 valence electrons. The van der Waals surface area contributed by atoms with E-state index in [0.29, 0.717) is 31.2 Å². The average Bonchev–Trinajstić information content (AvgIpc) is 2.46. The molecule has 0 aromatic heterocycles. The van der Waals surface area contributed by atoms with Crippen LogP contribution in [0.1, 0.15) is 31.2 Å². The summed E-state index contributed by atoms with van der Waals surface area (Å²) < 4.78 is 38.1. The van der Waals surface area contributed by atoms with Gasteiger partial charge in [-0.25, -0.2) is 0 Å². The van der Waals surface area contributed by atoms with Gasteiger partial charge in [-0.2, -0.15) is 13.2 Å². The van der Waals surface area contributed by atoms with Crippen molar-refractivity contribution in [3.8, 4) is 5.75 Å². The highest BCUT2D eigenvalue weighted by atomic mass is 19.4. The number of alkyl halides is 3. The van der Waals surface area contributed by atoms with E-state index in [1.807, 2.05) is 0 Å². The number of phenols is 1. The van der Waals surface area contributed by atoms with Crippen LogP contribution >= 0.6 is 0 Å². The van der Waals surface area contributed by atoms with Gasteiger partial charge in [-0.05, 0) is 43.4 Å². The van der Waals surface area contributed by atoms with E-state index in [2.05, 4.69) is 0 Å². The molecule has 1 aromatic carbocycles. The van der Waals surface area contributed by atoms with Gasteiger partial charge in [-0.1, -0.05) is 12.1 Å². The zero-order chi connectivity index (χ0) is 17.0. The monoisotopic (exact) mass is 333 g/mol. The summed E-state index contributed by atoms with van der Waals surface area (Å²) in [6.07, 6.45) is -5.21.